The van der Waals surface area contributed by atoms with Crippen molar-refractivity contribution in [3.63, 3.8) is 0 Å². The normalized spacial score (nSPS) is 14.0. The number of carbonyl (C=O) groups excluding carboxylic acids is 1. The van der Waals surface area contributed by atoms with Crippen molar-refractivity contribution < 1.29 is 9.21 Å². The Hall–Kier alpha value is -2.67. The first kappa shape index (κ1) is 17.7. The van der Waals surface area contributed by atoms with Crippen molar-refractivity contribution in [2.45, 2.75) is 32.7 Å². The van der Waals surface area contributed by atoms with Crippen molar-refractivity contribution in [1.29, 1.82) is 0 Å². The van der Waals surface area contributed by atoms with Gasteiger partial charge in [0.15, 0.2) is 5.13 Å². The van der Waals surface area contributed by atoms with Crippen molar-refractivity contribution in [3.05, 3.63) is 56.9 Å². The molecule has 0 unspecified atom stereocenters. The molecule has 7 heteroatoms. The van der Waals surface area contributed by atoms with Crippen LogP contribution in [0.4, 0.5) is 5.13 Å². The Kier molecular flexibility index (Phi) is 4.94. The molecule has 0 saturated carbocycles. The van der Waals surface area contributed by atoms with E-state index < -0.39 is 5.63 Å². The Morgan fingerprint density at radius 3 is 2.93 bits per heavy atom. The van der Waals surface area contributed by atoms with Gasteiger partial charge in [-0.05, 0) is 37.0 Å². The maximum absolute atomic E-state index is 12.4. The minimum absolute atomic E-state index is 0.133. The van der Waals surface area contributed by atoms with Crippen molar-refractivity contribution in [2.75, 3.05) is 18.0 Å². The molecule has 2 aromatic heterocycles. The first-order chi connectivity index (χ1) is 13.1. The molecule has 3 aromatic rings. The largest absolute Gasteiger partial charge is 0.423 e. The fourth-order valence-corrected chi connectivity index (χ4v) is 4.22. The van der Waals surface area contributed by atoms with Crippen LogP contribution in [0.2, 0.25) is 0 Å². The van der Waals surface area contributed by atoms with E-state index in [9.17, 15) is 9.59 Å². The van der Waals surface area contributed by atoms with Gasteiger partial charge >= 0.3 is 5.63 Å². The summed E-state index contributed by atoms with van der Waals surface area (Å²) in [5, 5.41) is 6.71. The Morgan fingerprint density at radius 1 is 1.30 bits per heavy atom. The highest BCUT2D eigenvalue weighted by molar-refractivity contribution is 7.13. The predicted octanol–water partition coefficient (Wildman–Crippen LogP) is 3.02. The molecular weight excluding hydrogens is 362 g/mol. The number of anilines is 1. The Balaban J connectivity index is 1.42. The van der Waals surface area contributed by atoms with E-state index in [1.54, 1.807) is 11.3 Å². The van der Waals surface area contributed by atoms with Crippen LogP contribution in [0, 0.1) is 6.92 Å². The molecule has 6 nitrogen and oxygen atoms in total. The van der Waals surface area contributed by atoms with E-state index in [0.29, 0.717) is 17.7 Å². The van der Waals surface area contributed by atoms with Crippen LogP contribution in [0.25, 0.3) is 11.0 Å². The molecule has 0 spiro atoms. The lowest BCUT2D eigenvalue weighted by Crippen LogP contribution is -2.25. The van der Waals surface area contributed by atoms with Crippen molar-refractivity contribution in [1.82, 2.24) is 10.3 Å². The van der Waals surface area contributed by atoms with Crippen molar-refractivity contribution >= 4 is 33.3 Å². The van der Waals surface area contributed by atoms with Crippen LogP contribution in [-0.2, 0) is 17.8 Å². The molecule has 1 N–H and O–H groups in total. The zero-order chi connectivity index (χ0) is 18.8. The zero-order valence-corrected chi connectivity index (χ0v) is 16.0. The number of carbonyl (C=O) groups is 1. The van der Waals surface area contributed by atoms with E-state index >= 15 is 0 Å². The summed E-state index contributed by atoms with van der Waals surface area (Å²) in [7, 11) is 0. The molecule has 0 bridgehead atoms. The molecule has 0 atom stereocenters. The average molecular weight is 383 g/mol. The molecule has 0 radical (unpaired) electrons. The van der Waals surface area contributed by atoms with E-state index in [2.05, 4.69) is 15.2 Å². The highest BCUT2D eigenvalue weighted by Crippen LogP contribution is 2.24. The number of hydrogen-bond acceptors (Lipinski definition) is 6. The van der Waals surface area contributed by atoms with Crippen molar-refractivity contribution in [2.24, 2.45) is 0 Å². The van der Waals surface area contributed by atoms with Gasteiger partial charge in [0.2, 0.25) is 5.91 Å². The molecule has 1 fully saturated rings. The van der Waals surface area contributed by atoms with E-state index in [0.717, 1.165) is 34.9 Å². The van der Waals surface area contributed by atoms with Gasteiger partial charge in [-0.25, -0.2) is 9.78 Å². The highest BCUT2D eigenvalue weighted by atomic mass is 32.1. The van der Waals surface area contributed by atoms with Gasteiger partial charge in [0, 0.05) is 29.9 Å². The molecule has 3 heterocycles. The maximum atomic E-state index is 12.4. The van der Waals surface area contributed by atoms with Gasteiger partial charge in [-0.1, -0.05) is 12.1 Å². The number of thiazole rings is 1. The fraction of sp³-hybridized carbons (Fsp3) is 0.350. The summed E-state index contributed by atoms with van der Waals surface area (Å²) >= 11 is 1.62. The molecule has 0 aliphatic carbocycles. The highest BCUT2D eigenvalue weighted by Gasteiger charge is 2.16. The van der Waals surface area contributed by atoms with Crippen LogP contribution in [0.1, 0.15) is 29.7 Å². The summed E-state index contributed by atoms with van der Waals surface area (Å²) in [4.78, 5) is 31.1. The van der Waals surface area contributed by atoms with Crippen LogP contribution in [-0.4, -0.2) is 24.0 Å². The van der Waals surface area contributed by atoms with Gasteiger partial charge in [0.25, 0.3) is 0 Å². The number of rotatable bonds is 5. The minimum atomic E-state index is -0.439. The van der Waals surface area contributed by atoms with Crippen molar-refractivity contribution in [3.8, 4) is 0 Å². The molecule has 1 aliphatic rings. The number of aryl methyl sites for hydroxylation is 1. The molecule has 27 heavy (non-hydrogen) atoms. The van der Waals surface area contributed by atoms with E-state index in [4.69, 9.17) is 4.42 Å². The van der Waals surface area contributed by atoms with Gasteiger partial charge in [-0.2, -0.15) is 0 Å². The number of fused-ring (bicyclic) bond motifs is 1. The number of nitrogens with one attached hydrogen (secondary N) is 1. The third kappa shape index (κ3) is 4.03. The van der Waals surface area contributed by atoms with Crippen LogP contribution >= 0.6 is 11.3 Å². The summed E-state index contributed by atoms with van der Waals surface area (Å²) in [6.07, 6.45) is 2.56. The lowest BCUT2D eigenvalue weighted by atomic mass is 10.1. The van der Waals surface area contributed by atoms with Crippen LogP contribution in [0.15, 0.2) is 38.9 Å². The van der Waals surface area contributed by atoms with Crippen LogP contribution in [0.3, 0.4) is 0 Å². The van der Waals surface area contributed by atoms with Gasteiger partial charge < -0.3 is 14.6 Å². The molecule has 1 amide bonds. The Morgan fingerprint density at radius 2 is 2.11 bits per heavy atom. The monoisotopic (exact) mass is 383 g/mol. The zero-order valence-electron chi connectivity index (χ0n) is 15.2. The Bertz CT molecular complexity index is 1030. The second-order valence-electron chi connectivity index (χ2n) is 6.86. The summed E-state index contributed by atoms with van der Waals surface area (Å²) in [5.41, 5.74) is 2.62. The van der Waals surface area contributed by atoms with E-state index in [-0.39, 0.29) is 12.3 Å². The topological polar surface area (TPSA) is 75.4 Å². The SMILES string of the molecule is Cc1ccc2c(CC(=O)NCc3csc(N4CCCC4)n3)cc(=O)oc2c1. The van der Waals surface area contributed by atoms with Gasteiger partial charge in [0.1, 0.15) is 5.58 Å². The molecule has 4 rings (SSSR count). The second-order valence-corrected chi connectivity index (χ2v) is 7.70. The standard InChI is InChI=1S/C20H21N3O3S/c1-13-4-5-16-14(10-19(25)26-17(16)8-13)9-18(24)21-11-15-12-27-20(22-15)23-6-2-3-7-23/h4-5,8,10,12H,2-3,6-7,9,11H2,1H3,(H,21,24). The van der Waals surface area contributed by atoms with E-state index in [1.807, 2.05) is 30.5 Å². The smallest absolute Gasteiger partial charge is 0.336 e. The lowest BCUT2D eigenvalue weighted by molar-refractivity contribution is -0.120. The first-order valence-electron chi connectivity index (χ1n) is 9.08. The molecule has 1 aliphatic heterocycles. The lowest BCUT2D eigenvalue weighted by Gasteiger charge is -2.12. The molecule has 140 valence electrons. The number of hydrogen-bond donors (Lipinski definition) is 1. The third-order valence-corrected chi connectivity index (χ3v) is 5.67. The molecule has 1 aromatic carbocycles. The maximum Gasteiger partial charge on any atom is 0.336 e. The van der Waals surface area contributed by atoms with Gasteiger partial charge in [-0.15, -0.1) is 11.3 Å². The second kappa shape index (κ2) is 7.52. The fourth-order valence-electron chi connectivity index (χ4n) is 3.34. The number of nitrogens with zero attached hydrogens (tertiary/aromatic N) is 2. The summed E-state index contributed by atoms with van der Waals surface area (Å²) < 4.78 is 5.24. The molecular formula is C20H21N3O3S. The third-order valence-electron chi connectivity index (χ3n) is 4.72. The average Bonchev–Trinajstić information content (AvgIpc) is 3.31. The van der Waals surface area contributed by atoms with E-state index in [1.165, 1.54) is 18.9 Å². The summed E-state index contributed by atoms with van der Waals surface area (Å²) in [6, 6.07) is 7.04. The van der Waals surface area contributed by atoms with Crippen LogP contribution in [0.5, 0.6) is 0 Å². The number of benzene rings is 1. The predicted molar refractivity (Wildman–Crippen MR) is 106 cm³/mol. The number of amides is 1. The summed E-state index contributed by atoms with van der Waals surface area (Å²) in [6.45, 7) is 4.44. The minimum Gasteiger partial charge on any atom is -0.423 e. The van der Waals surface area contributed by atoms with Crippen LogP contribution < -0.4 is 15.8 Å². The first-order valence-corrected chi connectivity index (χ1v) is 9.96. The Labute approximate surface area is 160 Å². The number of aromatic nitrogens is 1. The van der Waals surface area contributed by atoms with Gasteiger partial charge in [0.05, 0.1) is 18.7 Å². The molecule has 1 saturated heterocycles. The quantitative estimate of drug-likeness (QED) is 0.686. The summed E-state index contributed by atoms with van der Waals surface area (Å²) in [5.74, 6) is -0.141. The van der Waals surface area contributed by atoms with Gasteiger partial charge in [-0.3, -0.25) is 4.79 Å².